The van der Waals surface area contributed by atoms with E-state index in [1.54, 1.807) is 12.1 Å². The molecule has 0 amide bonds. The second kappa shape index (κ2) is 10.2. The molecule has 8 heteroatoms. The largest absolute Gasteiger partial charge is 0.481 e. The average molecular weight is 446 g/mol. The van der Waals surface area contributed by atoms with Gasteiger partial charge < -0.3 is 21.1 Å². The van der Waals surface area contributed by atoms with Crippen molar-refractivity contribution in [2.45, 2.75) is 39.2 Å². The van der Waals surface area contributed by atoms with Gasteiger partial charge in [0.1, 0.15) is 17.3 Å². The number of nitrogens with two attached hydrogens (primary N) is 1. The van der Waals surface area contributed by atoms with E-state index in [9.17, 15) is 10.1 Å². The highest BCUT2D eigenvalue weighted by molar-refractivity contribution is 5.89. The minimum absolute atomic E-state index is 0.106. The molecule has 0 radical (unpaired) electrons. The molecule has 0 spiro atoms. The quantitative estimate of drug-likeness (QED) is 0.339. The van der Waals surface area contributed by atoms with Gasteiger partial charge in [-0.1, -0.05) is 42.5 Å². The fraction of sp³-hybridized carbons (Fsp3) is 0.240. The van der Waals surface area contributed by atoms with Crippen molar-refractivity contribution in [3.05, 3.63) is 99.1 Å². The van der Waals surface area contributed by atoms with Crippen molar-refractivity contribution in [1.29, 1.82) is 0 Å². The summed E-state index contributed by atoms with van der Waals surface area (Å²) in [5.41, 5.74) is 11.3. The van der Waals surface area contributed by atoms with Crippen molar-refractivity contribution >= 4 is 17.2 Å². The first-order valence-electron chi connectivity index (χ1n) is 10.8. The molecule has 0 saturated heterocycles. The number of hydrogen-bond donors (Lipinski definition) is 3. The van der Waals surface area contributed by atoms with Crippen LogP contribution < -0.4 is 21.1 Å². The molecule has 1 aliphatic rings. The van der Waals surface area contributed by atoms with Crippen LogP contribution in [0.15, 0.2) is 71.7 Å². The van der Waals surface area contributed by atoms with Crippen LogP contribution in [0.5, 0.6) is 5.75 Å². The van der Waals surface area contributed by atoms with E-state index < -0.39 is 0 Å². The topological polar surface area (TPSA) is 115 Å². The van der Waals surface area contributed by atoms with Crippen molar-refractivity contribution in [2.75, 3.05) is 0 Å². The second-order valence-corrected chi connectivity index (χ2v) is 8.05. The lowest BCUT2D eigenvalue weighted by atomic mass is 10.1. The van der Waals surface area contributed by atoms with Crippen molar-refractivity contribution < 1.29 is 9.66 Å². The summed E-state index contributed by atoms with van der Waals surface area (Å²) in [7, 11) is 0. The molecule has 1 atom stereocenters. The third kappa shape index (κ3) is 5.94. The molecule has 0 fully saturated rings. The summed E-state index contributed by atoms with van der Waals surface area (Å²) in [6, 6.07) is 21.0. The van der Waals surface area contributed by atoms with Crippen LogP contribution in [0.4, 0.5) is 11.4 Å². The molecule has 8 nitrogen and oxygen atoms in total. The van der Waals surface area contributed by atoms with E-state index in [-0.39, 0.29) is 16.7 Å². The molecule has 0 aliphatic carbocycles. The summed E-state index contributed by atoms with van der Waals surface area (Å²) in [4.78, 5) is 14.8. The maximum atomic E-state index is 10.7. The summed E-state index contributed by atoms with van der Waals surface area (Å²) in [6.07, 6.45) is -0.197. The Hall–Kier alpha value is -3.75. The number of nitro benzene ring substituents is 1. The molecule has 3 aromatic rings. The first kappa shape index (κ1) is 22.4. The zero-order valence-corrected chi connectivity index (χ0v) is 18.5. The third-order valence-corrected chi connectivity index (χ3v) is 5.45. The van der Waals surface area contributed by atoms with E-state index in [0.29, 0.717) is 25.5 Å². The van der Waals surface area contributed by atoms with Crippen LogP contribution in [0, 0.1) is 10.1 Å². The van der Waals surface area contributed by atoms with E-state index in [2.05, 4.69) is 39.9 Å². The van der Waals surface area contributed by atoms with Gasteiger partial charge >= 0.3 is 0 Å². The number of nitrogens with zero attached hydrogens (tertiary/aromatic N) is 2. The molecule has 1 heterocycles. The Kier molecular flexibility index (Phi) is 6.97. The summed E-state index contributed by atoms with van der Waals surface area (Å²) < 4.78 is 5.75. The van der Waals surface area contributed by atoms with Gasteiger partial charge in [-0.05, 0) is 41.3 Å². The molecule has 3 aromatic carbocycles. The number of fused-ring (bicyclic) bond motifs is 1. The van der Waals surface area contributed by atoms with E-state index >= 15 is 0 Å². The third-order valence-electron chi connectivity index (χ3n) is 5.45. The van der Waals surface area contributed by atoms with Gasteiger partial charge in [0.2, 0.25) is 0 Å². The molecule has 170 valence electrons. The van der Waals surface area contributed by atoms with Crippen LogP contribution in [0.25, 0.3) is 0 Å². The molecule has 4 rings (SSSR count). The number of non-ortho nitro benzene ring substituents is 1. The zero-order chi connectivity index (χ0) is 23.2. The van der Waals surface area contributed by atoms with Crippen LogP contribution in [0.2, 0.25) is 0 Å². The highest BCUT2D eigenvalue weighted by Crippen LogP contribution is 2.32. The van der Waals surface area contributed by atoms with Crippen LogP contribution in [-0.2, 0) is 26.2 Å². The van der Waals surface area contributed by atoms with Crippen LogP contribution in [0.3, 0.4) is 0 Å². The Bertz CT molecular complexity index is 1160. The number of ether oxygens (including phenoxy) is 1. The SMILES string of the molecule is CC1Oc2ccc(CNCc3cccc(CNCc4ccc([N+](=O)[O-])cc4)c3)cc2N=C1N. The van der Waals surface area contributed by atoms with Crippen molar-refractivity contribution in [3.63, 3.8) is 0 Å². The Morgan fingerprint density at radius 3 is 2.12 bits per heavy atom. The molecule has 1 aliphatic heterocycles. The van der Waals surface area contributed by atoms with Gasteiger partial charge in [0.25, 0.3) is 5.69 Å². The van der Waals surface area contributed by atoms with Crippen molar-refractivity contribution in [2.24, 2.45) is 10.7 Å². The van der Waals surface area contributed by atoms with Crippen LogP contribution in [0.1, 0.15) is 29.2 Å². The van der Waals surface area contributed by atoms with Crippen molar-refractivity contribution in [3.8, 4) is 5.75 Å². The molecule has 33 heavy (non-hydrogen) atoms. The van der Waals surface area contributed by atoms with Gasteiger partial charge in [0.05, 0.1) is 4.92 Å². The fourth-order valence-electron chi connectivity index (χ4n) is 3.63. The normalized spacial score (nSPS) is 14.8. The summed E-state index contributed by atoms with van der Waals surface area (Å²) >= 11 is 0. The van der Waals surface area contributed by atoms with E-state index in [1.807, 2.05) is 25.1 Å². The number of rotatable bonds is 9. The Balaban J connectivity index is 1.26. The minimum Gasteiger partial charge on any atom is -0.481 e. The number of nitrogens with one attached hydrogen (secondary N) is 2. The van der Waals surface area contributed by atoms with E-state index in [1.165, 1.54) is 23.3 Å². The monoisotopic (exact) mass is 445 g/mol. The Labute approximate surface area is 192 Å². The predicted octanol–water partition coefficient (Wildman–Crippen LogP) is 3.94. The van der Waals surface area contributed by atoms with Crippen molar-refractivity contribution in [1.82, 2.24) is 10.6 Å². The van der Waals surface area contributed by atoms with Gasteiger partial charge in [0.15, 0.2) is 6.10 Å². The predicted molar refractivity (Wildman–Crippen MR) is 128 cm³/mol. The number of benzene rings is 3. The highest BCUT2D eigenvalue weighted by atomic mass is 16.6. The first-order chi connectivity index (χ1) is 16.0. The summed E-state index contributed by atoms with van der Waals surface area (Å²) in [5.74, 6) is 1.25. The standard InChI is InChI=1S/C25H27N5O3/c1-17-25(26)29-23-12-21(7-10-24(23)33-17)16-28-15-20-4-2-3-19(11-20)14-27-13-18-5-8-22(9-6-18)30(31)32/h2-12,17,27-28H,13-16H2,1H3,(H2,26,29). The van der Waals surface area contributed by atoms with E-state index in [4.69, 9.17) is 10.5 Å². The minimum atomic E-state index is -0.388. The first-order valence-corrected chi connectivity index (χ1v) is 10.8. The maximum absolute atomic E-state index is 10.7. The molecule has 0 saturated carbocycles. The maximum Gasteiger partial charge on any atom is 0.269 e. The Morgan fingerprint density at radius 2 is 1.48 bits per heavy atom. The molecule has 0 aromatic heterocycles. The summed E-state index contributed by atoms with van der Waals surface area (Å²) in [5, 5.41) is 17.6. The molecule has 4 N–H and O–H groups in total. The summed E-state index contributed by atoms with van der Waals surface area (Å²) in [6.45, 7) is 4.70. The molecule has 0 bridgehead atoms. The average Bonchev–Trinajstić information content (AvgIpc) is 2.81. The molecular formula is C25H27N5O3. The lowest BCUT2D eigenvalue weighted by Crippen LogP contribution is -2.33. The lowest BCUT2D eigenvalue weighted by Gasteiger charge is -2.21. The smallest absolute Gasteiger partial charge is 0.269 e. The van der Waals surface area contributed by atoms with Gasteiger partial charge in [-0.3, -0.25) is 10.1 Å². The van der Waals surface area contributed by atoms with Gasteiger partial charge in [0, 0.05) is 38.3 Å². The van der Waals surface area contributed by atoms with Gasteiger partial charge in [-0.15, -0.1) is 0 Å². The number of nitro groups is 1. The van der Waals surface area contributed by atoms with Gasteiger partial charge in [-0.25, -0.2) is 4.99 Å². The molecule has 1 unspecified atom stereocenters. The van der Waals surface area contributed by atoms with Crippen LogP contribution >= 0.6 is 0 Å². The number of aliphatic imine (C=N–C) groups is 1. The fourth-order valence-corrected chi connectivity index (χ4v) is 3.63. The van der Waals surface area contributed by atoms with E-state index in [0.717, 1.165) is 29.1 Å². The zero-order valence-electron chi connectivity index (χ0n) is 18.5. The molecular weight excluding hydrogens is 418 g/mol. The van der Waals surface area contributed by atoms with Gasteiger partial charge in [-0.2, -0.15) is 0 Å². The highest BCUT2D eigenvalue weighted by Gasteiger charge is 2.18. The Morgan fingerprint density at radius 1 is 0.909 bits per heavy atom. The second-order valence-electron chi connectivity index (χ2n) is 8.05. The number of amidine groups is 1. The number of hydrogen-bond acceptors (Lipinski definition) is 7. The van der Waals surface area contributed by atoms with Crippen LogP contribution in [-0.4, -0.2) is 16.9 Å². The lowest BCUT2D eigenvalue weighted by molar-refractivity contribution is -0.384.